The maximum atomic E-state index is 6.10. The summed E-state index contributed by atoms with van der Waals surface area (Å²) in [5, 5.41) is 0. The molecule has 3 aromatic rings. The van der Waals surface area contributed by atoms with Gasteiger partial charge >= 0.3 is 0 Å². The quantitative estimate of drug-likeness (QED) is 0.546. The zero-order valence-electron chi connectivity index (χ0n) is 16.1. The number of aryl methyl sites for hydroxylation is 1. The highest BCUT2D eigenvalue weighted by molar-refractivity contribution is 5.38. The van der Waals surface area contributed by atoms with Crippen molar-refractivity contribution in [1.29, 1.82) is 0 Å². The molecule has 0 N–H and O–H groups in total. The van der Waals surface area contributed by atoms with Gasteiger partial charge in [0.25, 0.3) is 0 Å². The van der Waals surface area contributed by atoms with Crippen LogP contribution < -0.4 is 4.74 Å². The fourth-order valence-corrected chi connectivity index (χ4v) is 4.00. The van der Waals surface area contributed by atoms with Crippen LogP contribution in [-0.4, -0.2) is 22.6 Å². The molecular formula is C24H28N2O. The second kappa shape index (κ2) is 8.45. The van der Waals surface area contributed by atoms with E-state index in [4.69, 9.17) is 4.74 Å². The lowest BCUT2D eigenvalue weighted by molar-refractivity contribution is 0.225. The van der Waals surface area contributed by atoms with Crippen molar-refractivity contribution in [3.8, 4) is 11.5 Å². The van der Waals surface area contributed by atoms with E-state index >= 15 is 0 Å². The molecule has 1 atom stereocenters. The van der Waals surface area contributed by atoms with E-state index in [1.807, 2.05) is 36.4 Å². The summed E-state index contributed by atoms with van der Waals surface area (Å²) in [5.41, 5.74) is 2.70. The molecule has 1 aliphatic heterocycles. The number of aromatic nitrogens is 1. The van der Waals surface area contributed by atoms with Crippen molar-refractivity contribution in [1.82, 2.24) is 9.47 Å². The van der Waals surface area contributed by atoms with Crippen LogP contribution in [0.5, 0.6) is 11.5 Å². The van der Waals surface area contributed by atoms with Crippen LogP contribution in [0.1, 0.15) is 43.5 Å². The SMILES string of the molecule is CCCCN1CCCn2cccc2C1c1cccc(Oc2ccccc2)c1. The van der Waals surface area contributed by atoms with Gasteiger partial charge in [-0.1, -0.05) is 43.7 Å². The second-order valence-electron chi connectivity index (χ2n) is 7.26. The highest BCUT2D eigenvalue weighted by Gasteiger charge is 2.27. The summed E-state index contributed by atoms with van der Waals surface area (Å²) in [5.74, 6) is 1.78. The average molecular weight is 361 g/mol. The van der Waals surface area contributed by atoms with Gasteiger partial charge in [0.1, 0.15) is 11.5 Å². The Labute approximate surface area is 162 Å². The smallest absolute Gasteiger partial charge is 0.127 e. The number of para-hydroxylation sites is 1. The number of unbranched alkanes of at least 4 members (excludes halogenated alkanes) is 1. The molecule has 0 spiro atoms. The third kappa shape index (κ3) is 4.09. The van der Waals surface area contributed by atoms with Crippen molar-refractivity contribution in [2.45, 2.75) is 38.8 Å². The number of hydrogen-bond acceptors (Lipinski definition) is 2. The van der Waals surface area contributed by atoms with Gasteiger partial charge in [0.05, 0.1) is 6.04 Å². The molecule has 3 heteroatoms. The highest BCUT2D eigenvalue weighted by Crippen LogP contribution is 2.34. The molecule has 2 heterocycles. The number of rotatable bonds is 6. The van der Waals surface area contributed by atoms with Crippen LogP contribution in [0.2, 0.25) is 0 Å². The predicted molar refractivity (Wildman–Crippen MR) is 110 cm³/mol. The number of nitrogens with zero attached hydrogens (tertiary/aromatic N) is 2. The normalized spacial score (nSPS) is 17.3. The number of ether oxygens (including phenoxy) is 1. The summed E-state index contributed by atoms with van der Waals surface area (Å²) in [6, 6.07) is 23.4. The average Bonchev–Trinajstić information content (AvgIpc) is 3.08. The van der Waals surface area contributed by atoms with Gasteiger partial charge in [-0.3, -0.25) is 4.90 Å². The lowest BCUT2D eigenvalue weighted by atomic mass is 10.0. The first-order valence-corrected chi connectivity index (χ1v) is 10.1. The largest absolute Gasteiger partial charge is 0.457 e. The van der Waals surface area contributed by atoms with Crippen LogP contribution in [0, 0.1) is 0 Å². The molecule has 1 aromatic heterocycles. The van der Waals surface area contributed by atoms with Crippen LogP contribution >= 0.6 is 0 Å². The minimum absolute atomic E-state index is 0.286. The molecule has 0 fully saturated rings. The Kier molecular flexibility index (Phi) is 5.59. The third-order valence-electron chi connectivity index (χ3n) is 5.31. The molecule has 0 saturated carbocycles. The standard InChI is InChI=1S/C24H28N2O/c1-2-3-15-26-18-9-17-25-16-8-14-23(25)24(26)20-10-7-13-22(19-20)27-21-11-5-4-6-12-21/h4-8,10-14,16,19,24H,2-3,9,15,17-18H2,1H3. The maximum Gasteiger partial charge on any atom is 0.127 e. The minimum atomic E-state index is 0.286. The topological polar surface area (TPSA) is 17.4 Å². The molecule has 0 bridgehead atoms. The zero-order valence-corrected chi connectivity index (χ0v) is 16.1. The molecule has 3 nitrogen and oxygen atoms in total. The monoisotopic (exact) mass is 360 g/mol. The van der Waals surface area contributed by atoms with Gasteiger partial charge in [-0.2, -0.15) is 0 Å². The molecule has 0 radical (unpaired) electrons. The molecule has 140 valence electrons. The minimum Gasteiger partial charge on any atom is -0.457 e. The van der Waals surface area contributed by atoms with Crippen LogP contribution in [0.4, 0.5) is 0 Å². The van der Waals surface area contributed by atoms with E-state index in [1.165, 1.54) is 30.5 Å². The van der Waals surface area contributed by atoms with E-state index in [1.54, 1.807) is 0 Å². The van der Waals surface area contributed by atoms with E-state index in [2.05, 4.69) is 52.9 Å². The van der Waals surface area contributed by atoms with E-state index in [0.717, 1.165) is 31.1 Å². The Morgan fingerprint density at radius 1 is 0.926 bits per heavy atom. The summed E-state index contributed by atoms with van der Waals surface area (Å²) in [6.45, 7) is 5.64. The third-order valence-corrected chi connectivity index (χ3v) is 5.31. The predicted octanol–water partition coefficient (Wildman–Crippen LogP) is 5.88. The van der Waals surface area contributed by atoms with Gasteiger partial charge in [0.15, 0.2) is 0 Å². The Morgan fingerprint density at radius 2 is 1.78 bits per heavy atom. The van der Waals surface area contributed by atoms with Crippen molar-refractivity contribution in [2.24, 2.45) is 0 Å². The van der Waals surface area contributed by atoms with Gasteiger partial charge in [0, 0.05) is 25.0 Å². The van der Waals surface area contributed by atoms with Gasteiger partial charge in [-0.15, -0.1) is 0 Å². The summed E-state index contributed by atoms with van der Waals surface area (Å²) in [6.07, 6.45) is 5.87. The molecule has 2 aromatic carbocycles. The van der Waals surface area contributed by atoms with Crippen LogP contribution in [0.3, 0.4) is 0 Å². The lowest BCUT2D eigenvalue weighted by Gasteiger charge is -2.30. The van der Waals surface area contributed by atoms with E-state index < -0.39 is 0 Å². The van der Waals surface area contributed by atoms with Crippen LogP contribution in [-0.2, 0) is 6.54 Å². The van der Waals surface area contributed by atoms with E-state index in [-0.39, 0.29) is 6.04 Å². The molecular weight excluding hydrogens is 332 g/mol. The van der Waals surface area contributed by atoms with Crippen molar-refractivity contribution in [3.05, 3.63) is 84.2 Å². The van der Waals surface area contributed by atoms with Crippen molar-refractivity contribution in [2.75, 3.05) is 13.1 Å². The second-order valence-corrected chi connectivity index (χ2v) is 7.26. The number of hydrogen-bond donors (Lipinski definition) is 0. The van der Waals surface area contributed by atoms with Gasteiger partial charge in [0.2, 0.25) is 0 Å². The summed E-state index contributed by atoms with van der Waals surface area (Å²) in [7, 11) is 0. The van der Waals surface area contributed by atoms with Gasteiger partial charge < -0.3 is 9.30 Å². The molecule has 0 amide bonds. The van der Waals surface area contributed by atoms with Crippen LogP contribution in [0.25, 0.3) is 0 Å². The molecule has 4 rings (SSSR count). The summed E-state index contributed by atoms with van der Waals surface area (Å²) < 4.78 is 8.52. The number of fused-ring (bicyclic) bond motifs is 1. The zero-order chi connectivity index (χ0) is 18.5. The Hall–Kier alpha value is -2.52. The van der Waals surface area contributed by atoms with Crippen molar-refractivity contribution in [3.63, 3.8) is 0 Å². The summed E-state index contributed by atoms with van der Waals surface area (Å²) >= 11 is 0. The van der Waals surface area contributed by atoms with Crippen molar-refractivity contribution < 1.29 is 4.74 Å². The fraction of sp³-hybridized carbons (Fsp3) is 0.333. The number of benzene rings is 2. The maximum absolute atomic E-state index is 6.10. The van der Waals surface area contributed by atoms with E-state index in [9.17, 15) is 0 Å². The van der Waals surface area contributed by atoms with Crippen LogP contribution in [0.15, 0.2) is 72.9 Å². The fourth-order valence-electron chi connectivity index (χ4n) is 4.00. The Morgan fingerprint density at radius 3 is 2.63 bits per heavy atom. The Balaban J connectivity index is 1.67. The molecule has 0 aliphatic carbocycles. The Bertz CT molecular complexity index is 856. The lowest BCUT2D eigenvalue weighted by Crippen LogP contribution is -2.30. The van der Waals surface area contributed by atoms with Crippen molar-refractivity contribution >= 4 is 0 Å². The first-order chi connectivity index (χ1) is 13.3. The highest BCUT2D eigenvalue weighted by atomic mass is 16.5. The summed E-state index contributed by atoms with van der Waals surface area (Å²) in [4.78, 5) is 2.64. The molecule has 1 aliphatic rings. The van der Waals surface area contributed by atoms with Gasteiger partial charge in [-0.05, 0) is 61.3 Å². The van der Waals surface area contributed by atoms with E-state index in [0.29, 0.717) is 0 Å². The molecule has 1 unspecified atom stereocenters. The molecule has 27 heavy (non-hydrogen) atoms. The van der Waals surface area contributed by atoms with Gasteiger partial charge in [-0.25, -0.2) is 0 Å². The first kappa shape index (κ1) is 17.9. The first-order valence-electron chi connectivity index (χ1n) is 10.1. The molecule has 0 saturated heterocycles.